The van der Waals surface area contributed by atoms with Crippen LogP contribution in [0.5, 0.6) is 0 Å². The van der Waals surface area contributed by atoms with Crippen molar-refractivity contribution in [2.45, 2.75) is 19.9 Å². The normalized spacial score (nSPS) is 12.4. The average molecular weight is 221 g/mol. The van der Waals surface area contributed by atoms with Crippen molar-refractivity contribution in [1.82, 2.24) is 9.97 Å². The third-order valence-corrected chi connectivity index (χ3v) is 2.19. The second kappa shape index (κ2) is 4.30. The van der Waals surface area contributed by atoms with Crippen LogP contribution in [0.4, 0.5) is 10.2 Å². The highest BCUT2D eigenvalue weighted by Crippen LogP contribution is 2.19. The fraction of sp³-hybridized carbons (Fsp3) is 0.273. The molecule has 2 heterocycles. The van der Waals surface area contributed by atoms with Gasteiger partial charge in [-0.15, -0.1) is 0 Å². The molecule has 0 saturated carbocycles. The monoisotopic (exact) mass is 221 g/mol. The van der Waals surface area contributed by atoms with Gasteiger partial charge in [-0.1, -0.05) is 0 Å². The summed E-state index contributed by atoms with van der Waals surface area (Å²) in [6, 6.07) is 4.94. The van der Waals surface area contributed by atoms with Gasteiger partial charge < -0.3 is 9.73 Å². The lowest BCUT2D eigenvalue weighted by Crippen LogP contribution is -2.07. The summed E-state index contributed by atoms with van der Waals surface area (Å²) >= 11 is 0. The zero-order chi connectivity index (χ0) is 11.5. The van der Waals surface area contributed by atoms with Crippen LogP contribution < -0.4 is 5.32 Å². The van der Waals surface area contributed by atoms with Gasteiger partial charge in [0.2, 0.25) is 5.95 Å². The number of aryl methyl sites for hydroxylation is 1. The molecule has 16 heavy (non-hydrogen) atoms. The molecule has 0 spiro atoms. The molecule has 0 amide bonds. The summed E-state index contributed by atoms with van der Waals surface area (Å²) in [6.07, 6.45) is 1.18. The van der Waals surface area contributed by atoms with Crippen LogP contribution in [-0.4, -0.2) is 9.97 Å². The number of nitrogens with one attached hydrogen (secondary N) is 1. The minimum absolute atomic E-state index is 0.0667. The molecule has 0 saturated heterocycles. The minimum Gasteiger partial charge on any atom is -0.464 e. The topological polar surface area (TPSA) is 51.0 Å². The molecule has 0 aliphatic carbocycles. The highest BCUT2D eigenvalue weighted by atomic mass is 19.1. The van der Waals surface area contributed by atoms with Crippen LogP contribution >= 0.6 is 0 Å². The Kier molecular flexibility index (Phi) is 2.85. The predicted molar refractivity (Wildman–Crippen MR) is 57.5 cm³/mol. The molecule has 0 bridgehead atoms. The van der Waals surface area contributed by atoms with E-state index in [0.29, 0.717) is 5.82 Å². The van der Waals surface area contributed by atoms with E-state index in [4.69, 9.17) is 4.42 Å². The van der Waals surface area contributed by atoms with Crippen molar-refractivity contribution in [3.8, 4) is 0 Å². The second-order valence-corrected chi connectivity index (χ2v) is 3.54. The quantitative estimate of drug-likeness (QED) is 0.809. The van der Waals surface area contributed by atoms with Gasteiger partial charge in [-0.05, 0) is 26.0 Å². The molecule has 0 aliphatic rings. The van der Waals surface area contributed by atoms with Gasteiger partial charge in [0.15, 0.2) is 0 Å². The molecule has 5 heteroatoms. The van der Waals surface area contributed by atoms with Gasteiger partial charge in [-0.2, -0.15) is 4.39 Å². The Morgan fingerprint density at radius 3 is 2.81 bits per heavy atom. The summed E-state index contributed by atoms with van der Waals surface area (Å²) < 4.78 is 18.3. The molecule has 1 atom stereocenters. The smallest absolute Gasteiger partial charge is 0.217 e. The van der Waals surface area contributed by atoms with E-state index in [1.165, 1.54) is 12.4 Å². The maximum absolute atomic E-state index is 12.8. The first-order chi connectivity index (χ1) is 7.65. The first-order valence-electron chi connectivity index (χ1n) is 4.95. The van der Waals surface area contributed by atoms with Gasteiger partial charge in [0.1, 0.15) is 23.7 Å². The molecule has 2 aromatic rings. The lowest BCUT2D eigenvalue weighted by atomic mass is 10.2. The molecule has 84 valence electrons. The van der Waals surface area contributed by atoms with Crippen LogP contribution in [0.1, 0.15) is 24.5 Å². The number of halogens is 1. The molecule has 0 aliphatic heterocycles. The van der Waals surface area contributed by atoms with E-state index in [9.17, 15) is 4.39 Å². The average Bonchev–Trinajstić information content (AvgIpc) is 2.65. The van der Waals surface area contributed by atoms with Crippen molar-refractivity contribution in [3.63, 3.8) is 0 Å². The number of furan rings is 1. The van der Waals surface area contributed by atoms with E-state index in [0.717, 1.165) is 11.5 Å². The van der Waals surface area contributed by atoms with Crippen LogP contribution in [0, 0.1) is 12.9 Å². The summed E-state index contributed by atoms with van der Waals surface area (Å²) in [5.74, 6) is 1.52. The zero-order valence-corrected chi connectivity index (χ0v) is 9.07. The lowest BCUT2D eigenvalue weighted by Gasteiger charge is -2.11. The van der Waals surface area contributed by atoms with E-state index in [-0.39, 0.29) is 6.04 Å². The summed E-state index contributed by atoms with van der Waals surface area (Å²) in [4.78, 5) is 7.29. The van der Waals surface area contributed by atoms with E-state index < -0.39 is 5.95 Å². The fourth-order valence-corrected chi connectivity index (χ4v) is 1.39. The first-order valence-corrected chi connectivity index (χ1v) is 4.95. The first kappa shape index (κ1) is 10.6. The van der Waals surface area contributed by atoms with Crippen LogP contribution in [0.25, 0.3) is 0 Å². The number of rotatable bonds is 3. The van der Waals surface area contributed by atoms with E-state index in [2.05, 4.69) is 15.3 Å². The number of hydrogen-bond acceptors (Lipinski definition) is 4. The van der Waals surface area contributed by atoms with Crippen molar-refractivity contribution in [2.75, 3.05) is 5.32 Å². The molecular formula is C11H12FN3O. The summed E-state index contributed by atoms with van der Waals surface area (Å²) in [7, 11) is 0. The largest absolute Gasteiger partial charge is 0.464 e. The standard InChI is InChI=1S/C11H12FN3O/c1-7-3-4-9(16-7)8(2)15-11-5-10(12)13-6-14-11/h3-6,8H,1-2H3,(H,13,14,15). The van der Waals surface area contributed by atoms with E-state index in [1.54, 1.807) is 0 Å². The van der Waals surface area contributed by atoms with Crippen LogP contribution in [0.3, 0.4) is 0 Å². The number of nitrogens with zero attached hydrogens (tertiary/aromatic N) is 2. The molecular weight excluding hydrogens is 209 g/mol. The van der Waals surface area contributed by atoms with E-state index >= 15 is 0 Å². The van der Waals surface area contributed by atoms with E-state index in [1.807, 2.05) is 26.0 Å². The molecule has 0 radical (unpaired) electrons. The Morgan fingerprint density at radius 2 is 2.19 bits per heavy atom. The SMILES string of the molecule is Cc1ccc(C(C)Nc2cc(F)ncn2)o1. The third-order valence-electron chi connectivity index (χ3n) is 2.19. The highest BCUT2D eigenvalue weighted by Gasteiger charge is 2.10. The maximum atomic E-state index is 12.8. The fourth-order valence-electron chi connectivity index (χ4n) is 1.39. The van der Waals surface area contributed by atoms with Gasteiger partial charge in [0.05, 0.1) is 6.04 Å². The molecule has 0 aromatic carbocycles. The van der Waals surface area contributed by atoms with Crippen LogP contribution in [0.2, 0.25) is 0 Å². The zero-order valence-electron chi connectivity index (χ0n) is 9.07. The molecule has 2 aromatic heterocycles. The number of aromatic nitrogens is 2. The van der Waals surface area contributed by atoms with Gasteiger partial charge in [-0.25, -0.2) is 9.97 Å². The van der Waals surface area contributed by atoms with Crippen molar-refractivity contribution in [2.24, 2.45) is 0 Å². The van der Waals surface area contributed by atoms with Gasteiger partial charge >= 0.3 is 0 Å². The third kappa shape index (κ3) is 2.36. The Bertz CT molecular complexity index is 484. The summed E-state index contributed by atoms with van der Waals surface area (Å²) in [5.41, 5.74) is 0. The van der Waals surface area contributed by atoms with Gasteiger partial charge in [0.25, 0.3) is 0 Å². The van der Waals surface area contributed by atoms with Crippen LogP contribution in [0.15, 0.2) is 28.9 Å². The lowest BCUT2D eigenvalue weighted by molar-refractivity contribution is 0.466. The molecule has 1 unspecified atom stereocenters. The Balaban J connectivity index is 2.10. The number of hydrogen-bond donors (Lipinski definition) is 1. The summed E-state index contributed by atoms with van der Waals surface area (Å²) in [5, 5.41) is 3.03. The Morgan fingerprint density at radius 1 is 1.38 bits per heavy atom. The Labute approximate surface area is 92.5 Å². The van der Waals surface area contributed by atoms with Gasteiger partial charge in [0, 0.05) is 6.07 Å². The molecule has 0 fully saturated rings. The summed E-state index contributed by atoms with van der Waals surface area (Å²) in [6.45, 7) is 3.79. The number of anilines is 1. The highest BCUT2D eigenvalue weighted by molar-refractivity contribution is 5.35. The van der Waals surface area contributed by atoms with Gasteiger partial charge in [-0.3, -0.25) is 0 Å². The van der Waals surface area contributed by atoms with Crippen molar-refractivity contribution >= 4 is 5.82 Å². The maximum Gasteiger partial charge on any atom is 0.217 e. The van der Waals surface area contributed by atoms with Crippen molar-refractivity contribution in [3.05, 3.63) is 42.0 Å². The van der Waals surface area contributed by atoms with Crippen molar-refractivity contribution < 1.29 is 8.81 Å². The van der Waals surface area contributed by atoms with Crippen LogP contribution in [-0.2, 0) is 0 Å². The molecule has 4 nitrogen and oxygen atoms in total. The Hall–Kier alpha value is -1.91. The minimum atomic E-state index is -0.555. The predicted octanol–water partition coefficient (Wildman–Crippen LogP) is 2.69. The molecule has 1 N–H and O–H groups in total. The molecule has 2 rings (SSSR count). The van der Waals surface area contributed by atoms with Crippen molar-refractivity contribution in [1.29, 1.82) is 0 Å². The second-order valence-electron chi connectivity index (χ2n) is 3.54.